The maximum absolute atomic E-state index is 11.9. The molecule has 0 saturated heterocycles. The Morgan fingerprint density at radius 1 is 1.05 bits per heavy atom. The first kappa shape index (κ1) is 15.1. The molecule has 0 aliphatic rings. The third kappa shape index (κ3) is 4.63. The van der Waals surface area contributed by atoms with Crippen molar-refractivity contribution in [1.29, 1.82) is 0 Å². The molecule has 21 heavy (non-hydrogen) atoms. The zero-order valence-corrected chi connectivity index (χ0v) is 12.6. The standard InChI is InChI=1S/C18H21NO2/c1-19(2)16-10-6-11-17(14-16)21-13-7-12-18(20)15-8-4-3-5-9-15/h3-6,8-11,14H,7,12-13H2,1-2H3. The van der Waals surface area contributed by atoms with Crippen LogP contribution in [0.2, 0.25) is 0 Å². The summed E-state index contributed by atoms with van der Waals surface area (Å²) in [6.07, 6.45) is 1.23. The van der Waals surface area contributed by atoms with Crippen molar-refractivity contribution in [3.8, 4) is 5.75 Å². The fourth-order valence-corrected chi connectivity index (χ4v) is 2.04. The van der Waals surface area contributed by atoms with Gasteiger partial charge in [0.25, 0.3) is 0 Å². The molecule has 3 heteroatoms. The van der Waals surface area contributed by atoms with Gasteiger partial charge in [-0.2, -0.15) is 0 Å². The Labute approximate surface area is 126 Å². The maximum Gasteiger partial charge on any atom is 0.163 e. The molecule has 0 N–H and O–H groups in total. The molecule has 0 saturated carbocycles. The Hall–Kier alpha value is -2.29. The van der Waals surface area contributed by atoms with E-state index in [4.69, 9.17) is 4.74 Å². The maximum atomic E-state index is 11.9. The fraction of sp³-hybridized carbons (Fsp3) is 0.278. The summed E-state index contributed by atoms with van der Waals surface area (Å²) in [4.78, 5) is 14.0. The summed E-state index contributed by atoms with van der Waals surface area (Å²) in [5, 5.41) is 0. The van der Waals surface area contributed by atoms with Crippen LogP contribution in [-0.4, -0.2) is 26.5 Å². The molecule has 2 aromatic rings. The number of ketones is 1. The molecule has 0 atom stereocenters. The van der Waals surface area contributed by atoms with Crippen LogP contribution in [0.1, 0.15) is 23.2 Å². The number of anilines is 1. The summed E-state index contributed by atoms with van der Waals surface area (Å²) in [6, 6.07) is 17.3. The molecule has 0 aromatic heterocycles. The first-order valence-corrected chi connectivity index (χ1v) is 7.15. The number of hydrogen-bond donors (Lipinski definition) is 0. The minimum absolute atomic E-state index is 0.168. The SMILES string of the molecule is CN(C)c1cccc(OCCCC(=O)c2ccccc2)c1. The van der Waals surface area contributed by atoms with Crippen LogP contribution in [0.4, 0.5) is 5.69 Å². The molecule has 0 radical (unpaired) electrons. The Kier molecular flexibility index (Phi) is 5.38. The van der Waals surface area contributed by atoms with Crippen molar-refractivity contribution >= 4 is 11.5 Å². The zero-order chi connectivity index (χ0) is 15.1. The second-order valence-electron chi connectivity index (χ2n) is 5.13. The molecule has 0 bridgehead atoms. The molecule has 110 valence electrons. The van der Waals surface area contributed by atoms with Gasteiger partial charge in [-0.1, -0.05) is 36.4 Å². The summed E-state index contributed by atoms with van der Waals surface area (Å²) in [5.41, 5.74) is 1.87. The quantitative estimate of drug-likeness (QED) is 0.572. The number of benzene rings is 2. The van der Waals surface area contributed by atoms with E-state index in [1.54, 1.807) is 0 Å². The van der Waals surface area contributed by atoms with E-state index in [1.165, 1.54) is 0 Å². The predicted molar refractivity (Wildman–Crippen MR) is 86.3 cm³/mol. The van der Waals surface area contributed by atoms with Gasteiger partial charge in [-0.15, -0.1) is 0 Å². The highest BCUT2D eigenvalue weighted by Gasteiger charge is 2.05. The Balaban J connectivity index is 1.77. The highest BCUT2D eigenvalue weighted by molar-refractivity contribution is 5.95. The number of rotatable bonds is 7. The number of carbonyl (C=O) groups excluding carboxylic acids is 1. The molecule has 0 fully saturated rings. The summed E-state index contributed by atoms with van der Waals surface area (Å²) in [7, 11) is 4.00. The highest BCUT2D eigenvalue weighted by Crippen LogP contribution is 2.19. The van der Waals surface area contributed by atoms with E-state index in [-0.39, 0.29) is 5.78 Å². The lowest BCUT2D eigenvalue weighted by atomic mass is 10.1. The van der Waals surface area contributed by atoms with E-state index in [2.05, 4.69) is 0 Å². The van der Waals surface area contributed by atoms with Crippen LogP contribution in [0.5, 0.6) is 5.75 Å². The number of nitrogens with zero attached hydrogens (tertiary/aromatic N) is 1. The van der Waals surface area contributed by atoms with Crippen LogP contribution in [0, 0.1) is 0 Å². The minimum Gasteiger partial charge on any atom is -0.494 e. The second kappa shape index (κ2) is 7.48. The second-order valence-corrected chi connectivity index (χ2v) is 5.13. The molecule has 0 unspecified atom stereocenters. The van der Waals surface area contributed by atoms with Gasteiger partial charge in [-0.3, -0.25) is 4.79 Å². The van der Waals surface area contributed by atoms with E-state index in [0.717, 1.165) is 23.4 Å². The van der Waals surface area contributed by atoms with Crippen molar-refractivity contribution in [3.05, 3.63) is 60.2 Å². The van der Waals surface area contributed by atoms with E-state index in [1.807, 2.05) is 73.6 Å². The molecule has 0 amide bonds. The molecule has 2 rings (SSSR count). The van der Waals surface area contributed by atoms with E-state index in [9.17, 15) is 4.79 Å². The largest absolute Gasteiger partial charge is 0.494 e. The van der Waals surface area contributed by atoms with Gasteiger partial charge in [0, 0.05) is 37.8 Å². The van der Waals surface area contributed by atoms with Crippen LogP contribution in [0.3, 0.4) is 0 Å². The molecule has 0 spiro atoms. The minimum atomic E-state index is 0.168. The smallest absolute Gasteiger partial charge is 0.163 e. The first-order chi connectivity index (χ1) is 10.2. The molecule has 0 heterocycles. The summed E-state index contributed by atoms with van der Waals surface area (Å²) in [6.45, 7) is 0.551. The normalized spacial score (nSPS) is 10.2. The number of ether oxygens (including phenoxy) is 1. The Morgan fingerprint density at radius 2 is 1.81 bits per heavy atom. The van der Waals surface area contributed by atoms with Crippen molar-refractivity contribution < 1.29 is 9.53 Å². The van der Waals surface area contributed by atoms with Crippen LogP contribution in [-0.2, 0) is 0 Å². The summed E-state index contributed by atoms with van der Waals surface area (Å²) in [5.74, 6) is 1.01. The first-order valence-electron chi connectivity index (χ1n) is 7.15. The van der Waals surface area contributed by atoms with Gasteiger partial charge in [0.05, 0.1) is 6.61 Å². The van der Waals surface area contributed by atoms with Gasteiger partial charge in [0.2, 0.25) is 0 Å². The Bertz CT molecular complexity index is 579. The van der Waals surface area contributed by atoms with Gasteiger partial charge in [-0.25, -0.2) is 0 Å². The van der Waals surface area contributed by atoms with Crippen LogP contribution < -0.4 is 9.64 Å². The van der Waals surface area contributed by atoms with Crippen molar-refractivity contribution in [2.45, 2.75) is 12.8 Å². The van der Waals surface area contributed by atoms with Gasteiger partial charge in [-0.05, 0) is 18.6 Å². The number of Topliss-reactive ketones (excluding diaryl/α,β-unsaturated/α-hetero) is 1. The molecular formula is C18H21NO2. The molecule has 3 nitrogen and oxygen atoms in total. The Morgan fingerprint density at radius 3 is 2.52 bits per heavy atom. The fourth-order valence-electron chi connectivity index (χ4n) is 2.04. The van der Waals surface area contributed by atoms with Crippen molar-refractivity contribution in [2.24, 2.45) is 0 Å². The zero-order valence-electron chi connectivity index (χ0n) is 12.6. The van der Waals surface area contributed by atoms with Crippen LogP contribution in [0.15, 0.2) is 54.6 Å². The molecular weight excluding hydrogens is 262 g/mol. The third-order valence-corrected chi connectivity index (χ3v) is 3.25. The lowest BCUT2D eigenvalue weighted by molar-refractivity contribution is 0.0973. The predicted octanol–water partition coefficient (Wildman–Crippen LogP) is 3.79. The number of carbonyl (C=O) groups is 1. The number of hydrogen-bond acceptors (Lipinski definition) is 3. The van der Waals surface area contributed by atoms with Crippen molar-refractivity contribution in [1.82, 2.24) is 0 Å². The van der Waals surface area contributed by atoms with Gasteiger partial charge < -0.3 is 9.64 Å². The lowest BCUT2D eigenvalue weighted by Gasteiger charge is -2.14. The van der Waals surface area contributed by atoms with E-state index >= 15 is 0 Å². The van der Waals surface area contributed by atoms with Crippen molar-refractivity contribution in [2.75, 3.05) is 25.6 Å². The molecule has 0 aliphatic carbocycles. The lowest BCUT2D eigenvalue weighted by Crippen LogP contribution is -2.09. The molecule has 2 aromatic carbocycles. The van der Waals surface area contributed by atoms with E-state index < -0.39 is 0 Å². The molecule has 0 aliphatic heterocycles. The van der Waals surface area contributed by atoms with Crippen LogP contribution in [0.25, 0.3) is 0 Å². The average molecular weight is 283 g/mol. The van der Waals surface area contributed by atoms with Crippen LogP contribution >= 0.6 is 0 Å². The monoisotopic (exact) mass is 283 g/mol. The van der Waals surface area contributed by atoms with E-state index in [0.29, 0.717) is 13.0 Å². The van der Waals surface area contributed by atoms with Gasteiger partial charge in [0.1, 0.15) is 5.75 Å². The third-order valence-electron chi connectivity index (χ3n) is 3.25. The van der Waals surface area contributed by atoms with Crippen molar-refractivity contribution in [3.63, 3.8) is 0 Å². The highest BCUT2D eigenvalue weighted by atomic mass is 16.5. The summed E-state index contributed by atoms with van der Waals surface area (Å²) < 4.78 is 5.70. The summed E-state index contributed by atoms with van der Waals surface area (Å²) >= 11 is 0. The average Bonchev–Trinajstić information content (AvgIpc) is 2.52. The van der Waals surface area contributed by atoms with Gasteiger partial charge in [0.15, 0.2) is 5.78 Å². The topological polar surface area (TPSA) is 29.5 Å². The van der Waals surface area contributed by atoms with Gasteiger partial charge >= 0.3 is 0 Å².